The molecular weight excluding hydrogens is 449 g/mol. The Morgan fingerprint density at radius 3 is 2.83 bits per heavy atom. The molecule has 0 saturated heterocycles. The highest BCUT2D eigenvalue weighted by molar-refractivity contribution is 6.02. The van der Waals surface area contributed by atoms with Gasteiger partial charge in [-0.15, -0.1) is 0 Å². The Hall–Kier alpha value is -4.46. The molecule has 6 rings (SSSR count). The summed E-state index contributed by atoms with van der Waals surface area (Å²) < 4.78 is 25.3. The number of aromatic carboxylic acids is 1. The average Bonchev–Trinajstić information content (AvgIpc) is 3.29. The van der Waals surface area contributed by atoms with E-state index in [4.69, 9.17) is 19.1 Å². The van der Waals surface area contributed by atoms with Crippen LogP contribution >= 0.6 is 0 Å². The number of hydrogen-bond donors (Lipinski definition) is 1. The minimum atomic E-state index is -1.08. The van der Waals surface area contributed by atoms with Crippen molar-refractivity contribution in [1.82, 2.24) is 9.97 Å². The van der Waals surface area contributed by atoms with Crippen LogP contribution in [0.5, 0.6) is 5.75 Å². The first kappa shape index (κ1) is 21.1. The molecule has 0 saturated carbocycles. The Balaban J connectivity index is 1.62. The van der Waals surface area contributed by atoms with Gasteiger partial charge in [-0.05, 0) is 73.0 Å². The van der Waals surface area contributed by atoms with E-state index in [1.165, 1.54) is 18.2 Å². The summed E-state index contributed by atoms with van der Waals surface area (Å²) in [6, 6.07) is 16.8. The zero-order valence-corrected chi connectivity index (χ0v) is 18.8. The van der Waals surface area contributed by atoms with Crippen LogP contribution in [0.1, 0.15) is 22.3 Å². The zero-order chi connectivity index (χ0) is 24.1. The van der Waals surface area contributed by atoms with Gasteiger partial charge in [-0.3, -0.25) is 0 Å². The fourth-order valence-corrected chi connectivity index (χ4v) is 4.65. The molecule has 0 aliphatic carbocycles. The standard InChI is InChI=1S/C27H20FN3O4/c1-34-18-8-9-21-15(13-18)4-3-11-31(21)26-25(23-14-16-12-17(28)7-10-22(16)35-23)29-20-6-2-5-19(27(32)33)24(20)30-26/h2,5-10,12-14H,3-4,11H2,1H3,(H,32,33). The van der Waals surface area contributed by atoms with E-state index in [1.54, 1.807) is 31.4 Å². The van der Waals surface area contributed by atoms with Gasteiger partial charge in [0.1, 0.15) is 28.4 Å². The summed E-state index contributed by atoms with van der Waals surface area (Å²) in [5.74, 6) is 0.238. The van der Waals surface area contributed by atoms with Crippen LogP contribution in [0.25, 0.3) is 33.5 Å². The second-order valence-electron chi connectivity index (χ2n) is 8.42. The number of methoxy groups -OCH3 is 1. The van der Waals surface area contributed by atoms with Gasteiger partial charge in [0, 0.05) is 17.6 Å². The quantitative estimate of drug-likeness (QED) is 0.347. The van der Waals surface area contributed by atoms with Crippen molar-refractivity contribution in [2.24, 2.45) is 0 Å². The van der Waals surface area contributed by atoms with Gasteiger partial charge in [-0.2, -0.15) is 0 Å². The third-order valence-corrected chi connectivity index (χ3v) is 6.28. The number of carboxylic acid groups (broad SMARTS) is 1. The molecule has 7 nitrogen and oxygen atoms in total. The molecule has 35 heavy (non-hydrogen) atoms. The normalized spacial score (nSPS) is 13.3. The number of aromatic nitrogens is 2. The molecule has 3 heterocycles. The molecule has 8 heteroatoms. The van der Waals surface area contributed by atoms with E-state index < -0.39 is 5.97 Å². The third kappa shape index (κ3) is 3.54. The molecule has 0 radical (unpaired) electrons. The minimum absolute atomic E-state index is 0.0708. The van der Waals surface area contributed by atoms with Crippen molar-refractivity contribution in [3.63, 3.8) is 0 Å². The fourth-order valence-electron chi connectivity index (χ4n) is 4.65. The number of carboxylic acids is 1. The Bertz CT molecular complexity index is 1630. The number of ether oxygens (including phenoxy) is 1. The van der Waals surface area contributed by atoms with E-state index in [0.717, 1.165) is 29.8 Å². The second kappa shape index (κ2) is 8.09. The number of aryl methyl sites for hydroxylation is 1. The highest BCUT2D eigenvalue weighted by atomic mass is 19.1. The largest absolute Gasteiger partial charge is 0.497 e. The van der Waals surface area contributed by atoms with Crippen molar-refractivity contribution >= 4 is 39.5 Å². The van der Waals surface area contributed by atoms with Crippen molar-refractivity contribution in [2.45, 2.75) is 12.8 Å². The molecule has 0 spiro atoms. The van der Waals surface area contributed by atoms with Crippen molar-refractivity contribution in [2.75, 3.05) is 18.6 Å². The summed E-state index contributed by atoms with van der Waals surface area (Å²) in [7, 11) is 1.63. The van der Waals surface area contributed by atoms with Crippen molar-refractivity contribution in [3.8, 4) is 17.2 Å². The number of anilines is 2. The van der Waals surface area contributed by atoms with Crippen molar-refractivity contribution in [1.29, 1.82) is 0 Å². The lowest BCUT2D eigenvalue weighted by Crippen LogP contribution is -2.26. The smallest absolute Gasteiger partial charge is 0.337 e. The Morgan fingerprint density at radius 2 is 2.00 bits per heavy atom. The maximum absolute atomic E-state index is 13.8. The maximum atomic E-state index is 13.8. The summed E-state index contributed by atoms with van der Waals surface area (Å²) in [6.45, 7) is 0.663. The number of furan rings is 1. The van der Waals surface area contributed by atoms with Crippen LogP contribution in [-0.2, 0) is 6.42 Å². The van der Waals surface area contributed by atoms with Crippen molar-refractivity contribution < 1.29 is 23.4 Å². The van der Waals surface area contributed by atoms with Crippen LogP contribution in [0, 0.1) is 5.82 Å². The molecule has 5 aromatic rings. The van der Waals surface area contributed by atoms with Gasteiger partial charge in [0.25, 0.3) is 0 Å². The first-order valence-electron chi connectivity index (χ1n) is 11.2. The molecule has 174 valence electrons. The van der Waals surface area contributed by atoms with Gasteiger partial charge in [0.05, 0.1) is 18.2 Å². The summed E-state index contributed by atoms with van der Waals surface area (Å²) >= 11 is 0. The Kier molecular flexibility index (Phi) is 4.88. The van der Waals surface area contributed by atoms with Crippen LogP contribution in [0.15, 0.2) is 65.1 Å². The minimum Gasteiger partial charge on any atom is -0.497 e. The molecule has 0 bridgehead atoms. The number of halogens is 1. The molecule has 2 aromatic heterocycles. The second-order valence-corrected chi connectivity index (χ2v) is 8.42. The number of rotatable bonds is 4. The van der Waals surface area contributed by atoms with Gasteiger partial charge >= 0.3 is 5.97 Å². The first-order chi connectivity index (χ1) is 17.0. The number of hydrogen-bond acceptors (Lipinski definition) is 6. The van der Waals surface area contributed by atoms with Crippen LogP contribution in [0.2, 0.25) is 0 Å². The molecular formula is C27H20FN3O4. The van der Waals surface area contributed by atoms with Gasteiger partial charge < -0.3 is 19.2 Å². The van der Waals surface area contributed by atoms with Gasteiger partial charge in [0.2, 0.25) is 0 Å². The number of nitrogens with zero attached hydrogens (tertiary/aromatic N) is 3. The van der Waals surface area contributed by atoms with E-state index in [0.29, 0.717) is 45.8 Å². The summed E-state index contributed by atoms with van der Waals surface area (Å²) in [5.41, 5.74) is 3.83. The van der Waals surface area contributed by atoms with E-state index >= 15 is 0 Å². The SMILES string of the molecule is COc1ccc2c(c1)CCCN2c1nc2c(C(=O)O)cccc2nc1-c1cc2cc(F)ccc2o1. The maximum Gasteiger partial charge on any atom is 0.337 e. The molecule has 0 atom stereocenters. The monoisotopic (exact) mass is 469 g/mol. The van der Waals surface area contributed by atoms with E-state index in [2.05, 4.69) is 0 Å². The third-order valence-electron chi connectivity index (χ3n) is 6.28. The van der Waals surface area contributed by atoms with Gasteiger partial charge in [-0.25, -0.2) is 19.2 Å². The van der Waals surface area contributed by atoms with E-state index in [1.807, 2.05) is 23.1 Å². The first-order valence-corrected chi connectivity index (χ1v) is 11.2. The highest BCUT2D eigenvalue weighted by Gasteiger charge is 2.27. The molecule has 3 aromatic carbocycles. The lowest BCUT2D eigenvalue weighted by molar-refractivity contribution is 0.0699. The fraction of sp³-hybridized carbons (Fsp3) is 0.148. The number of benzene rings is 3. The number of para-hydroxylation sites is 1. The summed E-state index contributed by atoms with van der Waals surface area (Å²) in [6.07, 6.45) is 1.74. The van der Waals surface area contributed by atoms with E-state index in [-0.39, 0.29) is 11.4 Å². The molecule has 0 fully saturated rings. The predicted octanol–water partition coefficient (Wildman–Crippen LogP) is 5.97. The zero-order valence-electron chi connectivity index (χ0n) is 18.8. The van der Waals surface area contributed by atoms with Crippen LogP contribution in [0.4, 0.5) is 15.9 Å². The molecule has 0 unspecified atom stereocenters. The van der Waals surface area contributed by atoms with E-state index in [9.17, 15) is 14.3 Å². The number of fused-ring (bicyclic) bond motifs is 3. The van der Waals surface area contributed by atoms with Gasteiger partial charge in [0.15, 0.2) is 11.6 Å². The van der Waals surface area contributed by atoms with Crippen LogP contribution < -0.4 is 9.64 Å². The average molecular weight is 469 g/mol. The molecule has 1 N–H and O–H groups in total. The lowest BCUT2D eigenvalue weighted by atomic mass is 10.0. The molecule has 1 aliphatic rings. The predicted molar refractivity (Wildman–Crippen MR) is 130 cm³/mol. The Labute approximate surface area is 199 Å². The molecule has 1 aliphatic heterocycles. The topological polar surface area (TPSA) is 88.7 Å². The number of carbonyl (C=O) groups is 1. The summed E-state index contributed by atoms with van der Waals surface area (Å²) in [4.78, 5) is 23.6. The highest BCUT2D eigenvalue weighted by Crippen LogP contribution is 2.41. The molecule has 0 amide bonds. The van der Waals surface area contributed by atoms with Gasteiger partial charge in [-0.1, -0.05) is 6.07 Å². The van der Waals surface area contributed by atoms with Crippen LogP contribution in [0.3, 0.4) is 0 Å². The Morgan fingerprint density at radius 1 is 1.11 bits per heavy atom. The van der Waals surface area contributed by atoms with Crippen molar-refractivity contribution in [3.05, 3.63) is 77.6 Å². The van der Waals surface area contributed by atoms with Crippen LogP contribution in [-0.4, -0.2) is 34.7 Å². The lowest BCUT2D eigenvalue weighted by Gasteiger charge is -2.31. The summed E-state index contributed by atoms with van der Waals surface area (Å²) in [5, 5.41) is 10.4.